The Bertz CT molecular complexity index is 1210. The summed E-state index contributed by atoms with van der Waals surface area (Å²) in [6, 6.07) is 17.2. The van der Waals surface area contributed by atoms with Gasteiger partial charge in [-0.25, -0.2) is 9.78 Å². The van der Waals surface area contributed by atoms with Gasteiger partial charge in [0.05, 0.1) is 24.8 Å². The first-order valence-corrected chi connectivity index (χ1v) is 12.7. The smallest absolute Gasteiger partial charge is 0.409 e. The molecule has 1 amide bonds. The number of rotatable bonds is 9. The van der Waals surface area contributed by atoms with E-state index in [4.69, 9.17) is 13.9 Å². The molecule has 0 bridgehead atoms. The molecule has 1 aliphatic heterocycles. The molecule has 2 heterocycles. The highest BCUT2D eigenvalue weighted by atomic mass is 16.6. The third kappa shape index (κ3) is 6.70. The van der Waals surface area contributed by atoms with E-state index in [0.717, 1.165) is 22.6 Å². The van der Waals surface area contributed by atoms with Crippen molar-refractivity contribution in [3.8, 4) is 17.2 Å². The SMILES string of the molecule is Cc1oc(-c2ccccc2)nc1CCOc1cccc(C2CN(C(=O)OCC(C)C)CCC2C(=O)O)c1. The Morgan fingerprint density at radius 1 is 1.16 bits per heavy atom. The van der Waals surface area contributed by atoms with Crippen LogP contribution in [0.2, 0.25) is 0 Å². The number of aryl methyl sites for hydroxylation is 1. The van der Waals surface area contributed by atoms with E-state index < -0.39 is 18.0 Å². The van der Waals surface area contributed by atoms with Crippen molar-refractivity contribution >= 4 is 12.1 Å². The molecule has 0 spiro atoms. The molecule has 8 nitrogen and oxygen atoms in total. The Morgan fingerprint density at radius 3 is 2.68 bits per heavy atom. The fourth-order valence-electron chi connectivity index (χ4n) is 4.55. The summed E-state index contributed by atoms with van der Waals surface area (Å²) in [7, 11) is 0. The molecule has 2 unspecified atom stereocenters. The quantitative estimate of drug-likeness (QED) is 0.406. The minimum Gasteiger partial charge on any atom is -0.493 e. The number of carboxylic acids is 1. The third-order valence-corrected chi connectivity index (χ3v) is 6.54. The summed E-state index contributed by atoms with van der Waals surface area (Å²) in [4.78, 5) is 30.8. The topological polar surface area (TPSA) is 102 Å². The second-order valence-corrected chi connectivity index (χ2v) is 9.82. The minimum absolute atomic E-state index is 0.232. The fraction of sp³-hybridized carbons (Fsp3) is 0.414. The molecule has 2 aromatic carbocycles. The Morgan fingerprint density at radius 2 is 1.95 bits per heavy atom. The number of likely N-dealkylation sites (tertiary alicyclic amines) is 1. The van der Waals surface area contributed by atoms with E-state index in [2.05, 4.69) is 4.98 Å². The van der Waals surface area contributed by atoms with Crippen molar-refractivity contribution in [2.75, 3.05) is 26.3 Å². The first-order valence-electron chi connectivity index (χ1n) is 12.7. The van der Waals surface area contributed by atoms with E-state index in [1.165, 1.54) is 0 Å². The summed E-state index contributed by atoms with van der Waals surface area (Å²) >= 11 is 0. The van der Waals surface area contributed by atoms with Crippen LogP contribution in [0.5, 0.6) is 5.75 Å². The average Bonchev–Trinajstić information content (AvgIpc) is 3.27. The van der Waals surface area contributed by atoms with Gasteiger partial charge in [-0.2, -0.15) is 0 Å². The highest BCUT2D eigenvalue weighted by molar-refractivity contribution is 5.73. The van der Waals surface area contributed by atoms with Gasteiger partial charge >= 0.3 is 12.1 Å². The van der Waals surface area contributed by atoms with Crippen molar-refractivity contribution in [2.45, 2.75) is 39.5 Å². The molecule has 1 aliphatic rings. The maximum absolute atomic E-state index is 12.5. The molecule has 4 rings (SSSR count). The van der Waals surface area contributed by atoms with E-state index in [-0.39, 0.29) is 18.4 Å². The zero-order valence-corrected chi connectivity index (χ0v) is 21.6. The number of amides is 1. The van der Waals surface area contributed by atoms with Gasteiger partial charge in [-0.15, -0.1) is 0 Å². The van der Waals surface area contributed by atoms with Crippen molar-refractivity contribution in [2.24, 2.45) is 11.8 Å². The van der Waals surface area contributed by atoms with Gasteiger partial charge in [-0.05, 0) is 49.1 Å². The van der Waals surface area contributed by atoms with Gasteiger partial charge in [-0.3, -0.25) is 4.79 Å². The number of carboxylic acid groups (broad SMARTS) is 1. The predicted molar refractivity (Wildman–Crippen MR) is 139 cm³/mol. The van der Waals surface area contributed by atoms with Crippen molar-refractivity contribution in [3.63, 3.8) is 0 Å². The van der Waals surface area contributed by atoms with Crippen LogP contribution in [0.15, 0.2) is 59.0 Å². The number of hydrogen-bond acceptors (Lipinski definition) is 6. The molecule has 196 valence electrons. The summed E-state index contributed by atoms with van der Waals surface area (Å²) in [5, 5.41) is 9.84. The lowest BCUT2D eigenvalue weighted by Gasteiger charge is -2.36. The van der Waals surface area contributed by atoms with Crippen molar-refractivity contribution < 1.29 is 28.6 Å². The lowest BCUT2D eigenvalue weighted by atomic mass is 9.81. The zero-order valence-electron chi connectivity index (χ0n) is 21.6. The van der Waals surface area contributed by atoms with E-state index in [0.29, 0.717) is 44.2 Å². The molecule has 1 fully saturated rings. The minimum atomic E-state index is -0.859. The van der Waals surface area contributed by atoms with E-state index in [1.54, 1.807) is 4.90 Å². The number of carbonyl (C=O) groups is 2. The van der Waals surface area contributed by atoms with Crippen LogP contribution in [0.4, 0.5) is 4.79 Å². The molecule has 0 aliphatic carbocycles. The summed E-state index contributed by atoms with van der Waals surface area (Å²) in [6.07, 6.45) is 0.549. The number of piperidine rings is 1. The number of carbonyl (C=O) groups excluding carboxylic acids is 1. The van der Waals surface area contributed by atoms with Crippen molar-refractivity contribution in [1.82, 2.24) is 9.88 Å². The zero-order chi connectivity index (χ0) is 26.4. The number of benzene rings is 2. The molecule has 1 N–H and O–H groups in total. The maximum Gasteiger partial charge on any atom is 0.409 e. The van der Waals surface area contributed by atoms with Crippen LogP contribution >= 0.6 is 0 Å². The van der Waals surface area contributed by atoms with E-state index in [1.807, 2.05) is 75.4 Å². The third-order valence-electron chi connectivity index (χ3n) is 6.54. The summed E-state index contributed by atoms with van der Waals surface area (Å²) < 4.78 is 17.2. The first kappa shape index (κ1) is 26.3. The van der Waals surface area contributed by atoms with Crippen LogP contribution in [-0.2, 0) is 16.0 Å². The highest BCUT2D eigenvalue weighted by Gasteiger charge is 2.37. The molecule has 1 saturated heterocycles. The van der Waals surface area contributed by atoms with Crippen LogP contribution in [0, 0.1) is 18.8 Å². The van der Waals surface area contributed by atoms with Gasteiger partial charge < -0.3 is 23.9 Å². The Hall–Kier alpha value is -3.81. The predicted octanol–water partition coefficient (Wildman–Crippen LogP) is 5.55. The summed E-state index contributed by atoms with van der Waals surface area (Å²) in [5.41, 5.74) is 2.59. The van der Waals surface area contributed by atoms with Crippen LogP contribution in [0.3, 0.4) is 0 Å². The number of aromatic nitrogens is 1. The van der Waals surface area contributed by atoms with Crippen molar-refractivity contribution in [3.05, 3.63) is 71.6 Å². The molecule has 8 heteroatoms. The van der Waals surface area contributed by atoms with Crippen molar-refractivity contribution in [1.29, 1.82) is 0 Å². The normalized spacial score (nSPS) is 17.6. The fourth-order valence-corrected chi connectivity index (χ4v) is 4.55. The van der Waals surface area contributed by atoms with E-state index >= 15 is 0 Å². The number of nitrogens with zero attached hydrogens (tertiary/aromatic N) is 2. The first-order chi connectivity index (χ1) is 17.8. The van der Waals surface area contributed by atoms with Gasteiger partial charge in [0.15, 0.2) is 0 Å². The monoisotopic (exact) mass is 506 g/mol. The standard InChI is InChI=1S/C29H34N2O6/c1-19(2)18-36-29(34)31-14-12-24(28(32)33)25(17-31)22-10-7-11-23(16-22)35-15-13-26-20(3)37-27(30-26)21-8-5-4-6-9-21/h4-11,16,19,24-25H,12-15,17-18H2,1-3H3,(H,32,33). The molecular weight excluding hydrogens is 472 g/mol. The Kier molecular flexibility index (Phi) is 8.48. The molecular formula is C29H34N2O6. The van der Waals surface area contributed by atoms with Crippen LogP contribution in [0.25, 0.3) is 11.5 Å². The second kappa shape index (κ2) is 12.0. The van der Waals surface area contributed by atoms with Gasteiger partial charge in [-0.1, -0.05) is 44.2 Å². The van der Waals surface area contributed by atoms with Crippen LogP contribution < -0.4 is 4.74 Å². The molecule has 1 aromatic heterocycles. The molecule has 37 heavy (non-hydrogen) atoms. The van der Waals surface area contributed by atoms with Gasteiger partial charge in [0.2, 0.25) is 5.89 Å². The molecule has 0 radical (unpaired) electrons. The van der Waals surface area contributed by atoms with Gasteiger partial charge in [0, 0.05) is 31.0 Å². The average molecular weight is 507 g/mol. The molecule has 2 atom stereocenters. The highest BCUT2D eigenvalue weighted by Crippen LogP contribution is 2.34. The number of aliphatic carboxylic acids is 1. The lowest BCUT2D eigenvalue weighted by Crippen LogP contribution is -2.45. The molecule has 0 saturated carbocycles. The van der Waals surface area contributed by atoms with E-state index in [9.17, 15) is 14.7 Å². The lowest BCUT2D eigenvalue weighted by molar-refractivity contribution is -0.144. The second-order valence-electron chi connectivity index (χ2n) is 9.82. The van der Waals surface area contributed by atoms with Gasteiger partial charge in [0.1, 0.15) is 11.5 Å². The summed E-state index contributed by atoms with van der Waals surface area (Å²) in [6.45, 7) is 7.23. The molecule has 3 aromatic rings. The summed E-state index contributed by atoms with van der Waals surface area (Å²) in [5.74, 6) is 0.422. The van der Waals surface area contributed by atoms with Crippen LogP contribution in [0.1, 0.15) is 43.2 Å². The van der Waals surface area contributed by atoms with Crippen LogP contribution in [-0.4, -0.2) is 53.4 Å². The number of oxazole rings is 1. The maximum atomic E-state index is 12.5. The Labute approximate surface area is 217 Å². The number of hydrogen-bond donors (Lipinski definition) is 1. The van der Waals surface area contributed by atoms with Gasteiger partial charge in [0.25, 0.3) is 0 Å². The Balaban J connectivity index is 1.41. The number of ether oxygens (including phenoxy) is 2. The largest absolute Gasteiger partial charge is 0.493 e.